The van der Waals surface area contributed by atoms with Gasteiger partial charge < -0.3 is 34.3 Å². The second-order valence-electron chi connectivity index (χ2n) is 8.23. The lowest BCUT2D eigenvalue weighted by molar-refractivity contribution is -0.152. The van der Waals surface area contributed by atoms with Crippen LogP contribution in [0.15, 0.2) is 24.3 Å². The van der Waals surface area contributed by atoms with Crippen LogP contribution in [0.3, 0.4) is 0 Å². The lowest BCUT2D eigenvalue weighted by Gasteiger charge is -2.27. The maximum atomic E-state index is 11.2. The summed E-state index contributed by atoms with van der Waals surface area (Å²) in [5.74, 6) is 1.01. The van der Waals surface area contributed by atoms with Crippen LogP contribution in [0.25, 0.3) is 0 Å². The molecule has 1 aliphatic rings. The predicted octanol–water partition coefficient (Wildman–Crippen LogP) is 2.23. The summed E-state index contributed by atoms with van der Waals surface area (Å²) in [5, 5.41) is 12.3. The molecular weight excluding hydrogens is 430 g/mol. The number of morpholine rings is 1. The maximum Gasteiger partial charge on any atom is 0.347 e. The molecule has 0 unspecified atom stereocenters. The Morgan fingerprint density at radius 3 is 2.36 bits per heavy atom. The summed E-state index contributed by atoms with van der Waals surface area (Å²) in [6.45, 7) is 10.2. The van der Waals surface area contributed by atoms with Crippen LogP contribution in [-0.4, -0.2) is 77.2 Å². The Bertz CT molecular complexity index is 916. The third-order valence-electron chi connectivity index (χ3n) is 4.61. The van der Waals surface area contributed by atoms with Gasteiger partial charge in [0.2, 0.25) is 11.9 Å². The first-order valence-electron chi connectivity index (χ1n) is 10.9. The van der Waals surface area contributed by atoms with E-state index >= 15 is 0 Å². The number of ether oxygens (including phenoxy) is 4. The number of nitrogens with zero attached hydrogens (tertiary/aromatic N) is 4. The Balaban J connectivity index is 1.54. The van der Waals surface area contributed by atoms with Gasteiger partial charge in [0, 0.05) is 19.1 Å². The van der Waals surface area contributed by atoms with Crippen molar-refractivity contribution in [2.45, 2.75) is 39.3 Å². The lowest BCUT2D eigenvalue weighted by atomic mass is 10.1. The van der Waals surface area contributed by atoms with Crippen molar-refractivity contribution in [2.24, 2.45) is 0 Å². The second kappa shape index (κ2) is 11.0. The van der Waals surface area contributed by atoms with E-state index in [-0.39, 0.29) is 25.3 Å². The number of aromatic nitrogens is 3. The zero-order valence-electron chi connectivity index (χ0n) is 19.4. The Morgan fingerprint density at radius 1 is 1.09 bits per heavy atom. The van der Waals surface area contributed by atoms with E-state index in [1.165, 1.54) is 13.8 Å². The zero-order valence-corrected chi connectivity index (χ0v) is 19.4. The molecule has 2 heterocycles. The highest BCUT2D eigenvalue weighted by Crippen LogP contribution is 2.22. The fourth-order valence-electron chi connectivity index (χ4n) is 2.87. The summed E-state index contributed by atoms with van der Waals surface area (Å²) in [6.07, 6.45) is 0. The van der Waals surface area contributed by atoms with Gasteiger partial charge in [0.25, 0.3) is 0 Å². The quantitative estimate of drug-likeness (QED) is 0.478. The lowest BCUT2D eigenvalue weighted by Crippen LogP contribution is -2.37. The van der Waals surface area contributed by atoms with Crippen LogP contribution in [-0.2, 0) is 9.53 Å². The van der Waals surface area contributed by atoms with Crippen molar-refractivity contribution in [1.82, 2.24) is 15.0 Å². The number of carboxylic acids is 1. The number of hydrogen-bond donors (Lipinski definition) is 2. The predicted molar refractivity (Wildman–Crippen MR) is 121 cm³/mol. The smallest absolute Gasteiger partial charge is 0.347 e. The van der Waals surface area contributed by atoms with Crippen LogP contribution in [0.5, 0.6) is 17.5 Å². The van der Waals surface area contributed by atoms with E-state index in [1.54, 1.807) is 24.3 Å². The molecule has 2 N–H and O–H groups in total. The Morgan fingerprint density at radius 2 is 1.73 bits per heavy atom. The summed E-state index contributed by atoms with van der Waals surface area (Å²) in [5.41, 5.74) is -1.32. The van der Waals surface area contributed by atoms with Crippen LogP contribution in [0, 0.1) is 0 Å². The van der Waals surface area contributed by atoms with E-state index in [2.05, 4.69) is 20.3 Å². The number of rotatable bonds is 11. The first-order chi connectivity index (χ1) is 15.7. The van der Waals surface area contributed by atoms with Gasteiger partial charge in [0.1, 0.15) is 24.7 Å². The zero-order chi connectivity index (χ0) is 23.8. The molecule has 11 nitrogen and oxygen atoms in total. The maximum absolute atomic E-state index is 11.2. The number of hydrogen-bond acceptors (Lipinski definition) is 10. The minimum absolute atomic E-state index is 0.161. The van der Waals surface area contributed by atoms with Gasteiger partial charge in [0.15, 0.2) is 5.60 Å². The molecule has 0 saturated carbocycles. The monoisotopic (exact) mass is 461 g/mol. The number of aliphatic carboxylic acids is 1. The average molecular weight is 462 g/mol. The molecule has 1 aliphatic heterocycles. The van der Waals surface area contributed by atoms with Crippen LogP contribution in [0.4, 0.5) is 11.9 Å². The summed E-state index contributed by atoms with van der Waals surface area (Å²) in [7, 11) is 0. The van der Waals surface area contributed by atoms with Gasteiger partial charge in [0.05, 0.1) is 13.2 Å². The van der Waals surface area contributed by atoms with Crippen molar-refractivity contribution in [1.29, 1.82) is 0 Å². The Kier molecular flexibility index (Phi) is 8.10. The Hall–Kier alpha value is -3.34. The topological polar surface area (TPSA) is 128 Å². The van der Waals surface area contributed by atoms with Gasteiger partial charge in [-0.1, -0.05) is 0 Å². The highest BCUT2D eigenvalue weighted by Gasteiger charge is 2.29. The van der Waals surface area contributed by atoms with Crippen molar-refractivity contribution in [3.8, 4) is 17.5 Å². The largest absolute Gasteiger partial charge is 0.490 e. The number of carboxylic acid groups (broad SMARTS) is 1. The van der Waals surface area contributed by atoms with Gasteiger partial charge in [-0.25, -0.2) is 4.79 Å². The van der Waals surface area contributed by atoms with E-state index in [1.807, 2.05) is 18.7 Å². The molecule has 0 radical (unpaired) electrons. The average Bonchev–Trinajstić information content (AvgIpc) is 2.77. The molecule has 1 aromatic heterocycles. The van der Waals surface area contributed by atoms with Gasteiger partial charge in [-0.2, -0.15) is 15.0 Å². The molecule has 3 rings (SSSR count). The molecule has 0 bridgehead atoms. The number of benzene rings is 1. The van der Waals surface area contributed by atoms with Gasteiger partial charge in [-0.15, -0.1) is 0 Å². The second-order valence-corrected chi connectivity index (χ2v) is 8.23. The minimum atomic E-state index is -1.32. The molecule has 11 heteroatoms. The van der Waals surface area contributed by atoms with Crippen molar-refractivity contribution in [3.05, 3.63) is 24.3 Å². The van der Waals surface area contributed by atoms with Crippen LogP contribution in [0.1, 0.15) is 27.7 Å². The van der Waals surface area contributed by atoms with E-state index in [0.717, 1.165) is 0 Å². The van der Waals surface area contributed by atoms with Crippen LogP contribution < -0.4 is 24.4 Å². The number of anilines is 2. The summed E-state index contributed by atoms with van der Waals surface area (Å²) in [4.78, 5) is 26.5. The Labute approximate surface area is 193 Å². The SMILES string of the molecule is CC(C)Nc1nc(OCCOc2ccc(OC(C)(C)C(=O)O)cc2)nc(N2CCOCC2)n1. The molecule has 0 spiro atoms. The molecule has 0 atom stereocenters. The standard InChI is InChI=1S/C22H31N5O6/c1-15(2)23-19-24-20(27-9-11-30-12-10-27)26-21(25-19)32-14-13-31-16-5-7-17(8-6-16)33-22(3,4)18(28)29/h5-8,15H,9-14H2,1-4H3,(H,28,29)(H,23,24,25,26). The van der Waals surface area contributed by atoms with Gasteiger partial charge in [-0.3, -0.25) is 0 Å². The molecule has 180 valence electrons. The third-order valence-corrected chi connectivity index (χ3v) is 4.61. The number of carbonyl (C=O) groups is 1. The summed E-state index contributed by atoms with van der Waals surface area (Å²) < 4.78 is 22.3. The molecule has 0 aliphatic carbocycles. The fraction of sp³-hybridized carbons (Fsp3) is 0.545. The van der Waals surface area contributed by atoms with Gasteiger partial charge >= 0.3 is 12.0 Å². The third kappa shape index (κ3) is 7.35. The van der Waals surface area contributed by atoms with Crippen molar-refractivity contribution < 1.29 is 28.8 Å². The molecule has 33 heavy (non-hydrogen) atoms. The van der Waals surface area contributed by atoms with E-state index in [0.29, 0.717) is 49.7 Å². The molecule has 1 saturated heterocycles. The minimum Gasteiger partial charge on any atom is -0.490 e. The van der Waals surface area contributed by atoms with E-state index < -0.39 is 11.6 Å². The fourth-order valence-corrected chi connectivity index (χ4v) is 2.87. The van der Waals surface area contributed by atoms with Crippen LogP contribution in [0.2, 0.25) is 0 Å². The summed E-state index contributed by atoms with van der Waals surface area (Å²) in [6, 6.07) is 7.11. The first kappa shape index (κ1) is 24.3. The molecule has 1 aromatic carbocycles. The van der Waals surface area contributed by atoms with Gasteiger partial charge in [-0.05, 0) is 52.0 Å². The highest BCUT2D eigenvalue weighted by atomic mass is 16.5. The summed E-state index contributed by atoms with van der Waals surface area (Å²) >= 11 is 0. The van der Waals surface area contributed by atoms with E-state index in [9.17, 15) is 4.79 Å². The molecule has 1 fully saturated rings. The van der Waals surface area contributed by atoms with Crippen molar-refractivity contribution in [3.63, 3.8) is 0 Å². The van der Waals surface area contributed by atoms with Crippen molar-refractivity contribution in [2.75, 3.05) is 49.7 Å². The number of nitrogens with one attached hydrogen (secondary N) is 1. The van der Waals surface area contributed by atoms with E-state index in [4.69, 9.17) is 24.1 Å². The molecular formula is C22H31N5O6. The van der Waals surface area contributed by atoms with Crippen molar-refractivity contribution >= 4 is 17.9 Å². The normalized spacial score (nSPS) is 14.2. The van der Waals surface area contributed by atoms with Crippen LogP contribution >= 0.6 is 0 Å². The first-order valence-corrected chi connectivity index (χ1v) is 10.9. The molecule has 0 amide bonds. The highest BCUT2D eigenvalue weighted by molar-refractivity contribution is 5.76. The molecule has 2 aromatic rings.